The number of aliphatic hydroxyl groups is 1. The molecule has 1 saturated heterocycles. The first-order chi connectivity index (χ1) is 8.51. The summed E-state index contributed by atoms with van der Waals surface area (Å²) in [6.07, 6.45) is 0.511. The van der Waals surface area contributed by atoms with Crippen LogP contribution in [-0.2, 0) is 0 Å². The van der Waals surface area contributed by atoms with Crippen molar-refractivity contribution >= 4 is 5.84 Å². The Hall–Kier alpha value is -0.830. The van der Waals surface area contributed by atoms with Crippen LogP contribution in [0.4, 0.5) is 0 Å². The van der Waals surface area contributed by atoms with Crippen molar-refractivity contribution in [3.8, 4) is 0 Å². The van der Waals surface area contributed by atoms with Gasteiger partial charge in [-0.05, 0) is 17.9 Å². The quantitative estimate of drug-likeness (QED) is 0.729. The fourth-order valence-electron chi connectivity index (χ4n) is 3.41. The van der Waals surface area contributed by atoms with E-state index in [-0.39, 0.29) is 23.0 Å². The lowest BCUT2D eigenvalue weighted by Crippen LogP contribution is -2.43. The second kappa shape index (κ2) is 4.34. The monoisotopic (exact) mass is 264 g/mol. The van der Waals surface area contributed by atoms with Crippen LogP contribution in [0.2, 0.25) is 0 Å². The predicted octanol–water partition coefficient (Wildman–Crippen LogP) is 3.20. The Bertz CT molecular complexity index is 435. The molecular weight excluding hydrogens is 236 g/mol. The minimum Gasteiger partial charge on any atom is -0.391 e. The van der Waals surface area contributed by atoms with E-state index in [9.17, 15) is 5.11 Å². The lowest BCUT2D eigenvalue weighted by molar-refractivity contribution is 0.187. The van der Waals surface area contributed by atoms with Gasteiger partial charge in [0, 0.05) is 17.5 Å². The van der Waals surface area contributed by atoms with Crippen molar-refractivity contribution < 1.29 is 5.11 Å². The molecule has 0 bridgehead atoms. The Balaban J connectivity index is 2.52. The van der Waals surface area contributed by atoms with Crippen molar-refractivity contribution in [2.24, 2.45) is 15.8 Å². The molecule has 0 saturated carbocycles. The van der Waals surface area contributed by atoms with E-state index >= 15 is 0 Å². The van der Waals surface area contributed by atoms with E-state index in [0.717, 1.165) is 12.3 Å². The van der Waals surface area contributed by atoms with E-state index in [1.807, 2.05) is 0 Å². The van der Waals surface area contributed by atoms with Crippen LogP contribution in [0.1, 0.15) is 54.9 Å². The van der Waals surface area contributed by atoms with Crippen LogP contribution < -0.4 is 0 Å². The van der Waals surface area contributed by atoms with Crippen LogP contribution in [0.5, 0.6) is 0 Å². The highest BCUT2D eigenvalue weighted by molar-refractivity contribution is 5.90. The molecule has 3 nitrogen and oxygen atoms in total. The Kier molecular flexibility index (Phi) is 3.33. The van der Waals surface area contributed by atoms with E-state index in [1.54, 1.807) is 0 Å². The zero-order valence-corrected chi connectivity index (χ0v) is 13.4. The Morgan fingerprint density at radius 1 is 1.11 bits per heavy atom. The molecule has 108 valence electrons. The number of nitrogens with zero attached hydrogens (tertiary/aromatic N) is 2. The summed E-state index contributed by atoms with van der Waals surface area (Å²) in [7, 11) is 0. The maximum absolute atomic E-state index is 10.1. The van der Waals surface area contributed by atoms with Crippen LogP contribution in [0, 0.1) is 10.8 Å². The molecule has 2 heterocycles. The molecule has 0 unspecified atom stereocenters. The minimum atomic E-state index is -0.259. The summed E-state index contributed by atoms with van der Waals surface area (Å²) >= 11 is 0. The van der Waals surface area contributed by atoms with E-state index < -0.39 is 0 Å². The summed E-state index contributed by atoms with van der Waals surface area (Å²) in [5.74, 6) is 1.12. The molecular formula is C16H28N2O. The van der Waals surface area contributed by atoms with Gasteiger partial charge in [-0.2, -0.15) is 0 Å². The fourth-order valence-corrected chi connectivity index (χ4v) is 3.41. The van der Waals surface area contributed by atoms with Gasteiger partial charge in [0.1, 0.15) is 5.84 Å². The number of aliphatic hydroxyl groups excluding tert-OH is 1. The molecule has 0 amide bonds. The third kappa shape index (κ3) is 2.58. The van der Waals surface area contributed by atoms with Gasteiger partial charge in [0.15, 0.2) is 0 Å². The third-order valence-electron chi connectivity index (χ3n) is 3.93. The summed E-state index contributed by atoms with van der Waals surface area (Å²) in [4.78, 5) is 7.22. The van der Waals surface area contributed by atoms with Gasteiger partial charge in [0.25, 0.3) is 0 Å². The molecule has 3 heteroatoms. The number of rotatable bonds is 0. The Morgan fingerprint density at radius 2 is 1.68 bits per heavy atom. The SMILES string of the molecule is C[C@@H]1N=C(C(C)(C)C)N2C[C@@H](O)CC2=C1C(C)(C)C. The fraction of sp³-hybridized carbons (Fsp3) is 0.812. The molecule has 0 radical (unpaired) electrons. The van der Waals surface area contributed by atoms with Crippen LogP contribution in [0.25, 0.3) is 0 Å². The van der Waals surface area contributed by atoms with E-state index in [1.165, 1.54) is 11.3 Å². The highest BCUT2D eigenvalue weighted by Crippen LogP contribution is 2.42. The second-order valence-electron chi connectivity index (χ2n) is 7.96. The normalized spacial score (nSPS) is 28.6. The average molecular weight is 264 g/mol. The van der Waals surface area contributed by atoms with Gasteiger partial charge in [-0.25, -0.2) is 0 Å². The highest BCUT2D eigenvalue weighted by Gasteiger charge is 2.41. The molecule has 2 rings (SSSR count). The maximum atomic E-state index is 10.1. The number of amidine groups is 1. The molecule has 19 heavy (non-hydrogen) atoms. The summed E-state index contributed by atoms with van der Waals surface area (Å²) in [5.41, 5.74) is 2.82. The largest absolute Gasteiger partial charge is 0.391 e. The molecule has 0 aliphatic carbocycles. The van der Waals surface area contributed by atoms with Crippen molar-refractivity contribution in [2.45, 2.75) is 67.0 Å². The number of hydrogen-bond donors (Lipinski definition) is 1. The van der Waals surface area contributed by atoms with Crippen molar-refractivity contribution in [3.05, 3.63) is 11.3 Å². The van der Waals surface area contributed by atoms with Gasteiger partial charge in [-0.1, -0.05) is 41.5 Å². The van der Waals surface area contributed by atoms with E-state index in [0.29, 0.717) is 6.54 Å². The van der Waals surface area contributed by atoms with Crippen LogP contribution >= 0.6 is 0 Å². The average Bonchev–Trinajstić information content (AvgIpc) is 2.53. The number of hydrogen-bond acceptors (Lipinski definition) is 3. The van der Waals surface area contributed by atoms with Crippen LogP contribution in [0.3, 0.4) is 0 Å². The molecule has 1 fully saturated rings. The predicted molar refractivity (Wildman–Crippen MR) is 80.2 cm³/mol. The summed E-state index contributed by atoms with van der Waals surface area (Å²) in [5, 5.41) is 10.1. The second-order valence-corrected chi connectivity index (χ2v) is 7.96. The van der Waals surface area contributed by atoms with E-state index in [2.05, 4.69) is 53.4 Å². The van der Waals surface area contributed by atoms with Gasteiger partial charge >= 0.3 is 0 Å². The van der Waals surface area contributed by atoms with Crippen LogP contribution in [-0.4, -0.2) is 34.5 Å². The molecule has 0 aromatic rings. The summed E-state index contributed by atoms with van der Waals surface area (Å²) in [6.45, 7) is 16.2. The standard InChI is InChI=1S/C16H28N2O/c1-10-13(15(2,3)4)12-8-11(19)9-18(12)14(17-10)16(5,6)7/h10-11,19H,8-9H2,1-7H3/t10-,11-/m0/s1. The highest BCUT2D eigenvalue weighted by atomic mass is 16.3. The molecule has 0 spiro atoms. The molecule has 2 atom stereocenters. The zero-order valence-electron chi connectivity index (χ0n) is 13.4. The Labute approximate surface area is 117 Å². The van der Waals surface area contributed by atoms with Gasteiger partial charge in [-0.15, -0.1) is 0 Å². The topological polar surface area (TPSA) is 35.8 Å². The lowest BCUT2D eigenvalue weighted by Gasteiger charge is -2.41. The smallest absolute Gasteiger partial charge is 0.109 e. The van der Waals surface area contributed by atoms with Crippen molar-refractivity contribution in [1.29, 1.82) is 0 Å². The van der Waals surface area contributed by atoms with Gasteiger partial charge in [0.2, 0.25) is 0 Å². The number of aliphatic imine (C=N–C) groups is 1. The van der Waals surface area contributed by atoms with Gasteiger partial charge in [0.05, 0.1) is 18.7 Å². The van der Waals surface area contributed by atoms with E-state index in [4.69, 9.17) is 4.99 Å². The molecule has 2 aliphatic rings. The Morgan fingerprint density at radius 3 is 2.16 bits per heavy atom. The van der Waals surface area contributed by atoms with Crippen LogP contribution in [0.15, 0.2) is 16.3 Å². The molecule has 2 aliphatic heterocycles. The van der Waals surface area contributed by atoms with Crippen molar-refractivity contribution in [1.82, 2.24) is 4.90 Å². The number of fused-ring (bicyclic) bond motifs is 1. The summed E-state index contributed by atoms with van der Waals surface area (Å²) < 4.78 is 0. The van der Waals surface area contributed by atoms with Gasteiger partial charge < -0.3 is 10.0 Å². The zero-order chi connectivity index (χ0) is 14.6. The third-order valence-corrected chi connectivity index (χ3v) is 3.93. The van der Waals surface area contributed by atoms with Crippen molar-refractivity contribution in [3.63, 3.8) is 0 Å². The first kappa shape index (κ1) is 14.6. The first-order valence-electron chi connectivity index (χ1n) is 7.29. The van der Waals surface area contributed by atoms with Gasteiger partial charge in [-0.3, -0.25) is 4.99 Å². The molecule has 0 aromatic carbocycles. The minimum absolute atomic E-state index is 0.0208. The molecule has 0 aromatic heterocycles. The van der Waals surface area contributed by atoms with Crippen molar-refractivity contribution in [2.75, 3.05) is 6.54 Å². The maximum Gasteiger partial charge on any atom is 0.109 e. The molecule has 1 N–H and O–H groups in total. The summed E-state index contributed by atoms with van der Waals surface area (Å²) in [6, 6.07) is 0.214. The lowest BCUT2D eigenvalue weighted by atomic mass is 9.79. The first-order valence-corrected chi connectivity index (χ1v) is 7.29.